The molecule has 0 spiro atoms. The van der Waals surface area contributed by atoms with Gasteiger partial charge in [-0.15, -0.1) is 0 Å². The minimum atomic E-state index is -0.248. The molecular weight excluding hydrogens is 411 g/mol. The molecule has 2 aromatic rings. The summed E-state index contributed by atoms with van der Waals surface area (Å²) in [7, 11) is 0. The Bertz CT molecular complexity index is 978. The fourth-order valence-electron chi connectivity index (χ4n) is 3.52. The van der Waals surface area contributed by atoms with Crippen molar-refractivity contribution >= 4 is 35.0 Å². The van der Waals surface area contributed by atoms with Gasteiger partial charge in [0.2, 0.25) is 5.91 Å². The molecule has 154 valence electrons. The van der Waals surface area contributed by atoms with Gasteiger partial charge in [0, 0.05) is 39.5 Å². The van der Waals surface area contributed by atoms with Crippen molar-refractivity contribution in [2.45, 2.75) is 46.3 Å². The van der Waals surface area contributed by atoms with Gasteiger partial charge in [-0.3, -0.25) is 14.6 Å². The number of amides is 2. The van der Waals surface area contributed by atoms with E-state index in [0.717, 1.165) is 17.7 Å². The molecular formula is C21H24Cl2N4O2. The first kappa shape index (κ1) is 21.6. The van der Waals surface area contributed by atoms with Gasteiger partial charge in [0.05, 0.1) is 17.8 Å². The number of carbonyl (C=O) groups excluding carboxylic acids is 2. The zero-order valence-corrected chi connectivity index (χ0v) is 18.2. The molecule has 29 heavy (non-hydrogen) atoms. The van der Waals surface area contributed by atoms with Crippen LogP contribution in [0.2, 0.25) is 10.0 Å². The maximum atomic E-state index is 13.2. The minimum absolute atomic E-state index is 0.0235. The van der Waals surface area contributed by atoms with E-state index in [1.165, 1.54) is 4.90 Å². The van der Waals surface area contributed by atoms with E-state index >= 15 is 0 Å². The topological polar surface area (TPSA) is 88.3 Å². The fraction of sp³-hybridized carbons (Fsp3) is 0.381. The lowest BCUT2D eigenvalue weighted by molar-refractivity contribution is -0.122. The highest BCUT2D eigenvalue weighted by Crippen LogP contribution is 2.39. The summed E-state index contributed by atoms with van der Waals surface area (Å²) in [5.74, 6) is -0.440. The molecule has 6 nitrogen and oxygen atoms in total. The summed E-state index contributed by atoms with van der Waals surface area (Å²) in [6.45, 7) is 6.24. The predicted molar refractivity (Wildman–Crippen MR) is 115 cm³/mol. The van der Waals surface area contributed by atoms with Gasteiger partial charge in [-0.1, -0.05) is 36.2 Å². The zero-order chi connectivity index (χ0) is 21.3. The smallest absolute Gasteiger partial charge is 0.257 e. The van der Waals surface area contributed by atoms with Crippen LogP contribution in [0.5, 0.6) is 0 Å². The van der Waals surface area contributed by atoms with Gasteiger partial charge in [0.15, 0.2) is 0 Å². The lowest BCUT2D eigenvalue weighted by atomic mass is 9.93. The quantitative estimate of drug-likeness (QED) is 0.725. The number of hydrogen-bond acceptors (Lipinski definition) is 4. The van der Waals surface area contributed by atoms with Gasteiger partial charge < -0.3 is 16.0 Å². The number of carbonyl (C=O) groups is 2. The van der Waals surface area contributed by atoms with E-state index in [4.69, 9.17) is 28.9 Å². The third-order valence-corrected chi connectivity index (χ3v) is 5.73. The first-order chi connectivity index (χ1) is 13.8. The largest absolute Gasteiger partial charge is 0.352 e. The average Bonchev–Trinajstić information content (AvgIpc) is 2.95. The van der Waals surface area contributed by atoms with E-state index in [1.54, 1.807) is 18.2 Å². The number of pyridine rings is 1. The molecule has 8 heteroatoms. The molecule has 0 fully saturated rings. The highest BCUT2D eigenvalue weighted by atomic mass is 35.5. The van der Waals surface area contributed by atoms with E-state index in [-0.39, 0.29) is 37.5 Å². The standard InChI is InChI=1S/C21H24Cl2N4O2/c1-4-11(2)25-18(28)10-27-9-17-20(21(27)29)19(15(8-24)12(3)26-17)14-6-5-13(22)7-16(14)23/h5-7,11H,4,8-10,24H2,1-3H3,(H,25,28)/t11-/m0/s1. The first-order valence-corrected chi connectivity index (χ1v) is 10.3. The number of aromatic nitrogens is 1. The highest BCUT2D eigenvalue weighted by Gasteiger charge is 2.35. The maximum Gasteiger partial charge on any atom is 0.257 e. The van der Waals surface area contributed by atoms with Crippen molar-refractivity contribution in [3.8, 4) is 11.1 Å². The molecule has 0 radical (unpaired) electrons. The van der Waals surface area contributed by atoms with Gasteiger partial charge in [-0.25, -0.2) is 0 Å². The molecule has 0 saturated carbocycles. The third-order valence-electron chi connectivity index (χ3n) is 5.18. The molecule has 0 aliphatic carbocycles. The Morgan fingerprint density at radius 1 is 1.34 bits per heavy atom. The van der Waals surface area contributed by atoms with Crippen LogP contribution in [-0.4, -0.2) is 34.3 Å². The molecule has 0 unspecified atom stereocenters. The summed E-state index contributed by atoms with van der Waals surface area (Å²) in [6.07, 6.45) is 0.819. The second kappa shape index (κ2) is 8.69. The lowest BCUT2D eigenvalue weighted by Gasteiger charge is -2.18. The molecule has 3 N–H and O–H groups in total. The number of rotatable bonds is 6. The molecule has 0 bridgehead atoms. The second-order valence-corrected chi connectivity index (χ2v) is 8.08. The summed E-state index contributed by atoms with van der Waals surface area (Å²) in [6, 6.07) is 5.19. The fourth-order valence-corrected chi connectivity index (χ4v) is 4.02. The van der Waals surface area contributed by atoms with E-state index in [9.17, 15) is 9.59 Å². The number of aryl methyl sites for hydroxylation is 1. The lowest BCUT2D eigenvalue weighted by Crippen LogP contribution is -2.41. The molecule has 1 aromatic carbocycles. The highest BCUT2D eigenvalue weighted by molar-refractivity contribution is 6.36. The number of fused-ring (bicyclic) bond motifs is 1. The second-order valence-electron chi connectivity index (χ2n) is 7.24. The van der Waals surface area contributed by atoms with Gasteiger partial charge in [0.1, 0.15) is 6.54 Å². The maximum absolute atomic E-state index is 13.2. The Hall–Kier alpha value is -2.15. The summed E-state index contributed by atoms with van der Waals surface area (Å²) >= 11 is 12.5. The number of hydrogen-bond donors (Lipinski definition) is 2. The molecule has 1 aliphatic rings. The molecule has 3 rings (SSSR count). The summed E-state index contributed by atoms with van der Waals surface area (Å²) in [5.41, 5.74) is 9.93. The van der Waals surface area contributed by atoms with E-state index in [0.29, 0.717) is 32.4 Å². The number of nitrogens with zero attached hydrogens (tertiary/aromatic N) is 2. The van der Waals surface area contributed by atoms with E-state index < -0.39 is 0 Å². The van der Waals surface area contributed by atoms with Crippen molar-refractivity contribution in [3.05, 3.63) is 50.8 Å². The van der Waals surface area contributed by atoms with Crippen molar-refractivity contribution in [1.29, 1.82) is 0 Å². The Morgan fingerprint density at radius 3 is 2.69 bits per heavy atom. The van der Waals surface area contributed by atoms with Crippen molar-refractivity contribution in [2.24, 2.45) is 5.73 Å². The van der Waals surface area contributed by atoms with Crippen molar-refractivity contribution in [2.75, 3.05) is 6.54 Å². The third kappa shape index (κ3) is 4.25. The number of benzene rings is 1. The molecule has 0 saturated heterocycles. The molecule has 2 amide bonds. The van der Waals surface area contributed by atoms with E-state index in [2.05, 4.69) is 10.3 Å². The zero-order valence-electron chi connectivity index (χ0n) is 16.7. The number of nitrogens with two attached hydrogens (primary N) is 1. The Balaban J connectivity index is 2.04. The first-order valence-electron chi connectivity index (χ1n) is 9.53. The van der Waals surface area contributed by atoms with Crippen LogP contribution in [0.3, 0.4) is 0 Å². The SMILES string of the molecule is CC[C@H](C)NC(=O)CN1Cc2nc(C)c(CN)c(-c3ccc(Cl)cc3Cl)c2C1=O. The average molecular weight is 435 g/mol. The van der Waals surface area contributed by atoms with Crippen LogP contribution in [-0.2, 0) is 17.9 Å². The molecule has 2 heterocycles. The van der Waals surface area contributed by atoms with Gasteiger partial charge in [-0.05, 0) is 38.0 Å². The van der Waals surface area contributed by atoms with Crippen LogP contribution in [0.4, 0.5) is 0 Å². The Morgan fingerprint density at radius 2 is 2.07 bits per heavy atom. The number of nitrogens with one attached hydrogen (secondary N) is 1. The summed E-state index contributed by atoms with van der Waals surface area (Å²) < 4.78 is 0. The molecule has 1 aliphatic heterocycles. The Labute approximate surface area is 180 Å². The van der Waals surface area contributed by atoms with Crippen LogP contribution in [0.1, 0.15) is 47.6 Å². The normalized spacial score (nSPS) is 14.1. The monoisotopic (exact) mass is 434 g/mol. The van der Waals surface area contributed by atoms with Crippen molar-refractivity contribution in [3.63, 3.8) is 0 Å². The summed E-state index contributed by atoms with van der Waals surface area (Å²) in [5, 5.41) is 3.83. The van der Waals surface area contributed by atoms with Gasteiger partial charge >= 0.3 is 0 Å². The van der Waals surface area contributed by atoms with E-state index in [1.807, 2.05) is 20.8 Å². The summed E-state index contributed by atoms with van der Waals surface area (Å²) in [4.78, 5) is 31.7. The predicted octanol–water partition coefficient (Wildman–Crippen LogP) is 3.69. The van der Waals surface area contributed by atoms with Crippen molar-refractivity contribution < 1.29 is 9.59 Å². The Kier molecular flexibility index (Phi) is 6.46. The van der Waals surface area contributed by atoms with Crippen LogP contribution in [0.15, 0.2) is 18.2 Å². The molecule has 1 atom stereocenters. The van der Waals surface area contributed by atoms with Crippen LogP contribution >= 0.6 is 23.2 Å². The van der Waals surface area contributed by atoms with Gasteiger partial charge in [-0.2, -0.15) is 0 Å². The number of halogens is 2. The molecule has 1 aromatic heterocycles. The van der Waals surface area contributed by atoms with Crippen LogP contribution < -0.4 is 11.1 Å². The minimum Gasteiger partial charge on any atom is -0.352 e. The van der Waals surface area contributed by atoms with Crippen LogP contribution in [0, 0.1) is 6.92 Å². The van der Waals surface area contributed by atoms with Gasteiger partial charge in [0.25, 0.3) is 5.91 Å². The van der Waals surface area contributed by atoms with Crippen LogP contribution in [0.25, 0.3) is 11.1 Å². The van der Waals surface area contributed by atoms with Crippen molar-refractivity contribution in [1.82, 2.24) is 15.2 Å².